The zero-order valence-electron chi connectivity index (χ0n) is 23.1. The molecule has 9 heteroatoms. The number of rotatable bonds is 10. The fraction of sp³-hybridized carbons (Fsp3) is 0.323. The first-order valence-corrected chi connectivity index (χ1v) is 15.0. The molecule has 0 radical (unpaired) electrons. The average molecular weight is 568 g/mol. The molecule has 1 atom stereocenters. The van der Waals surface area contributed by atoms with Gasteiger partial charge in [0.2, 0.25) is 0 Å². The monoisotopic (exact) mass is 567 g/mol. The van der Waals surface area contributed by atoms with E-state index in [4.69, 9.17) is 9.47 Å². The molecule has 0 saturated carbocycles. The van der Waals surface area contributed by atoms with Crippen LogP contribution in [0, 0.1) is 19.7 Å². The summed E-state index contributed by atoms with van der Waals surface area (Å²) in [5, 5.41) is 3.37. The molecule has 3 aromatic rings. The van der Waals surface area contributed by atoms with Gasteiger partial charge >= 0.3 is 5.97 Å². The second-order valence-electron chi connectivity index (χ2n) is 9.73. The highest BCUT2D eigenvalue weighted by atomic mass is 32.2. The summed E-state index contributed by atoms with van der Waals surface area (Å²) in [7, 11) is -1.74. The number of carbonyl (C=O) groups is 1. The second kappa shape index (κ2) is 12.6. The SMILES string of the molecule is CCS(=O)(=O)CCCOc1cc(C)c(-c2cccc(C3COc4cc(C=CC(=O)OC)c(F)cc4N3)c2)c(C)c1. The highest BCUT2D eigenvalue weighted by Gasteiger charge is 2.23. The third-order valence-electron chi connectivity index (χ3n) is 6.83. The summed E-state index contributed by atoms with van der Waals surface area (Å²) in [4.78, 5) is 11.4. The van der Waals surface area contributed by atoms with Crippen molar-refractivity contribution in [3.05, 3.63) is 82.7 Å². The van der Waals surface area contributed by atoms with Crippen molar-refractivity contribution in [2.75, 3.05) is 37.1 Å². The Labute approximate surface area is 234 Å². The first-order chi connectivity index (χ1) is 19.1. The van der Waals surface area contributed by atoms with Gasteiger partial charge in [-0.05, 0) is 78.4 Å². The molecule has 212 valence electrons. The number of halogens is 1. The van der Waals surface area contributed by atoms with Crippen LogP contribution < -0.4 is 14.8 Å². The Kier molecular flexibility index (Phi) is 9.14. The van der Waals surface area contributed by atoms with Gasteiger partial charge in [0.1, 0.15) is 33.8 Å². The van der Waals surface area contributed by atoms with Crippen LogP contribution in [0.5, 0.6) is 11.5 Å². The van der Waals surface area contributed by atoms with Crippen LogP contribution in [0.4, 0.5) is 10.1 Å². The standard InChI is InChI=1S/C31H34FNO6S/c1-5-40(35,36)13-7-12-38-25-14-20(2)31(21(3)15-25)24-9-6-8-23(16-24)28-19-39-29-17-22(10-11-30(34)37-4)26(32)18-27(29)33-28/h6,8-11,14-18,28,33H,5,7,12-13,19H2,1-4H3. The summed E-state index contributed by atoms with van der Waals surface area (Å²) >= 11 is 0. The van der Waals surface area contributed by atoms with Crippen molar-refractivity contribution in [2.24, 2.45) is 0 Å². The lowest BCUT2D eigenvalue weighted by Gasteiger charge is -2.28. The highest BCUT2D eigenvalue weighted by Crippen LogP contribution is 2.38. The van der Waals surface area contributed by atoms with Gasteiger partial charge in [-0.3, -0.25) is 0 Å². The Bertz CT molecular complexity index is 1510. The van der Waals surface area contributed by atoms with E-state index in [0.717, 1.165) is 33.9 Å². The first-order valence-electron chi connectivity index (χ1n) is 13.1. The van der Waals surface area contributed by atoms with Crippen molar-refractivity contribution in [2.45, 2.75) is 33.2 Å². The Hall–Kier alpha value is -3.85. The number of sulfone groups is 1. The van der Waals surface area contributed by atoms with Crippen LogP contribution in [0.3, 0.4) is 0 Å². The molecule has 0 saturated heterocycles. The summed E-state index contributed by atoms with van der Waals surface area (Å²) in [6, 6.07) is 14.8. The van der Waals surface area contributed by atoms with Gasteiger partial charge in [-0.2, -0.15) is 0 Å². The lowest BCUT2D eigenvalue weighted by molar-refractivity contribution is -0.134. The molecule has 4 rings (SSSR count). The minimum atomic E-state index is -3.00. The molecular formula is C31H34FNO6S. The van der Waals surface area contributed by atoms with E-state index in [1.165, 1.54) is 19.3 Å². The summed E-state index contributed by atoms with van der Waals surface area (Å²) < 4.78 is 54.5. The molecule has 0 aliphatic carbocycles. The smallest absolute Gasteiger partial charge is 0.330 e. The van der Waals surface area contributed by atoms with Crippen molar-refractivity contribution in [3.63, 3.8) is 0 Å². The largest absolute Gasteiger partial charge is 0.494 e. The maximum atomic E-state index is 14.7. The molecule has 0 fully saturated rings. The first kappa shape index (κ1) is 29.1. The van der Waals surface area contributed by atoms with Crippen molar-refractivity contribution in [1.82, 2.24) is 0 Å². The summed E-state index contributed by atoms with van der Waals surface area (Å²) in [5.74, 6) is 0.435. The molecule has 1 aliphatic heterocycles. The van der Waals surface area contributed by atoms with Gasteiger partial charge in [0.05, 0.1) is 31.2 Å². The molecule has 40 heavy (non-hydrogen) atoms. The quantitative estimate of drug-likeness (QED) is 0.181. The Morgan fingerprint density at radius 3 is 2.60 bits per heavy atom. The number of carbonyl (C=O) groups excluding carboxylic acids is 1. The number of nitrogens with one attached hydrogen (secondary N) is 1. The normalized spacial score (nSPS) is 14.8. The molecule has 7 nitrogen and oxygen atoms in total. The van der Waals surface area contributed by atoms with E-state index in [-0.39, 0.29) is 23.1 Å². The lowest BCUT2D eigenvalue weighted by atomic mass is 9.93. The zero-order valence-corrected chi connectivity index (χ0v) is 23.9. The summed E-state index contributed by atoms with van der Waals surface area (Å²) in [6.45, 7) is 6.39. The van der Waals surface area contributed by atoms with Crippen LogP contribution in [0.15, 0.2) is 54.6 Å². The summed E-state index contributed by atoms with van der Waals surface area (Å²) in [6.07, 6.45) is 2.98. The van der Waals surface area contributed by atoms with E-state index >= 15 is 0 Å². The maximum absolute atomic E-state index is 14.7. The van der Waals surface area contributed by atoms with Crippen molar-refractivity contribution < 1.29 is 31.8 Å². The van der Waals surface area contributed by atoms with Gasteiger partial charge in [0.25, 0.3) is 0 Å². The van der Waals surface area contributed by atoms with Gasteiger partial charge in [-0.15, -0.1) is 0 Å². The Morgan fingerprint density at radius 1 is 1.15 bits per heavy atom. The summed E-state index contributed by atoms with van der Waals surface area (Å²) in [5.41, 5.74) is 5.98. The van der Waals surface area contributed by atoms with Gasteiger partial charge in [-0.1, -0.05) is 25.1 Å². The van der Waals surface area contributed by atoms with Gasteiger partial charge in [0, 0.05) is 23.5 Å². The molecule has 1 heterocycles. The number of hydrogen-bond acceptors (Lipinski definition) is 7. The van der Waals surface area contributed by atoms with Gasteiger partial charge in [0.15, 0.2) is 0 Å². The van der Waals surface area contributed by atoms with Crippen LogP contribution in [-0.2, 0) is 19.4 Å². The second-order valence-corrected chi connectivity index (χ2v) is 12.2. The minimum absolute atomic E-state index is 0.121. The number of ether oxygens (including phenoxy) is 3. The van der Waals surface area contributed by atoms with E-state index in [1.54, 1.807) is 13.0 Å². The zero-order chi connectivity index (χ0) is 28.9. The highest BCUT2D eigenvalue weighted by molar-refractivity contribution is 7.91. The van der Waals surface area contributed by atoms with Gasteiger partial charge in [-0.25, -0.2) is 17.6 Å². The fourth-order valence-electron chi connectivity index (χ4n) is 4.72. The van der Waals surface area contributed by atoms with Crippen LogP contribution in [0.25, 0.3) is 17.2 Å². The minimum Gasteiger partial charge on any atom is -0.494 e. The molecular weight excluding hydrogens is 533 g/mol. The number of fused-ring (bicyclic) bond motifs is 1. The van der Waals surface area contributed by atoms with Gasteiger partial charge < -0.3 is 19.5 Å². The number of esters is 1. The molecule has 1 aliphatic rings. The molecule has 0 amide bonds. The maximum Gasteiger partial charge on any atom is 0.330 e. The van der Waals surface area contributed by atoms with E-state index in [2.05, 4.69) is 16.1 Å². The van der Waals surface area contributed by atoms with Crippen LogP contribution in [0.2, 0.25) is 0 Å². The van der Waals surface area contributed by atoms with E-state index in [0.29, 0.717) is 36.8 Å². The number of methoxy groups -OCH3 is 1. The van der Waals surface area contributed by atoms with E-state index in [1.807, 2.05) is 44.2 Å². The predicted octanol–water partition coefficient (Wildman–Crippen LogP) is 6.04. The Morgan fingerprint density at radius 2 is 1.90 bits per heavy atom. The van der Waals surface area contributed by atoms with Crippen LogP contribution in [0.1, 0.15) is 41.6 Å². The Balaban J connectivity index is 1.49. The molecule has 0 spiro atoms. The molecule has 0 aromatic heterocycles. The van der Waals surface area contributed by atoms with E-state index < -0.39 is 21.6 Å². The molecule has 3 aromatic carbocycles. The third kappa shape index (κ3) is 7.01. The van der Waals surface area contributed by atoms with Crippen LogP contribution in [-0.4, -0.2) is 46.2 Å². The number of hydrogen-bond donors (Lipinski definition) is 1. The average Bonchev–Trinajstić information content (AvgIpc) is 2.93. The lowest BCUT2D eigenvalue weighted by Crippen LogP contribution is -2.24. The number of benzene rings is 3. The number of anilines is 1. The van der Waals surface area contributed by atoms with Crippen molar-refractivity contribution >= 4 is 27.6 Å². The van der Waals surface area contributed by atoms with Crippen LogP contribution >= 0.6 is 0 Å². The van der Waals surface area contributed by atoms with E-state index in [9.17, 15) is 17.6 Å². The topological polar surface area (TPSA) is 90.9 Å². The molecule has 0 bridgehead atoms. The van der Waals surface area contributed by atoms with Crippen molar-refractivity contribution in [1.29, 1.82) is 0 Å². The van der Waals surface area contributed by atoms with Crippen molar-refractivity contribution in [3.8, 4) is 22.6 Å². The molecule has 1 unspecified atom stereocenters. The number of aryl methyl sites for hydroxylation is 2. The fourth-order valence-corrected chi connectivity index (χ4v) is 5.57. The predicted molar refractivity (Wildman–Crippen MR) is 155 cm³/mol. The molecule has 1 N–H and O–H groups in total. The third-order valence-corrected chi connectivity index (χ3v) is 8.62.